The average Bonchev–Trinajstić information content (AvgIpc) is 2.57. The SMILES string of the molecule is CCOC(=O)c1ccc2[nH+]c(C)c(C[NH+](CC(C)C)CC(C)C)c(O)c2c1. The highest BCUT2D eigenvalue weighted by Crippen LogP contribution is 2.28. The lowest BCUT2D eigenvalue weighted by Crippen LogP contribution is -3.12. The molecule has 1 aromatic carbocycles. The Balaban J connectivity index is 2.44. The Morgan fingerprint density at radius 1 is 1.19 bits per heavy atom. The van der Waals surface area contributed by atoms with E-state index in [2.05, 4.69) is 32.7 Å². The Hall–Kier alpha value is -2.14. The molecule has 2 aromatic rings. The Morgan fingerprint density at radius 2 is 1.81 bits per heavy atom. The van der Waals surface area contributed by atoms with Gasteiger partial charge in [0.2, 0.25) is 5.52 Å². The van der Waals surface area contributed by atoms with Crippen molar-refractivity contribution < 1.29 is 24.5 Å². The molecule has 0 amide bonds. The summed E-state index contributed by atoms with van der Waals surface area (Å²) < 4.78 is 5.09. The van der Waals surface area contributed by atoms with Crippen LogP contribution in [0, 0.1) is 18.8 Å². The average molecular weight is 375 g/mol. The van der Waals surface area contributed by atoms with Crippen LogP contribution in [0.4, 0.5) is 0 Å². The molecule has 0 spiro atoms. The summed E-state index contributed by atoms with van der Waals surface area (Å²) in [6, 6.07) is 5.27. The summed E-state index contributed by atoms with van der Waals surface area (Å²) in [6.45, 7) is 15.9. The molecule has 2 rings (SSSR count). The number of esters is 1. The van der Waals surface area contributed by atoms with Crippen molar-refractivity contribution >= 4 is 16.9 Å². The van der Waals surface area contributed by atoms with Crippen LogP contribution in [0.1, 0.15) is 56.2 Å². The number of carbonyl (C=O) groups excluding carboxylic acids is 1. The van der Waals surface area contributed by atoms with Crippen molar-refractivity contribution in [2.45, 2.75) is 48.1 Å². The molecule has 0 aliphatic rings. The molecule has 0 aliphatic heterocycles. The number of hydrogen-bond donors (Lipinski definition) is 2. The molecule has 5 heteroatoms. The zero-order chi connectivity index (χ0) is 20.1. The first-order chi connectivity index (χ1) is 12.7. The number of H-pyrrole nitrogens is 1. The van der Waals surface area contributed by atoms with Crippen molar-refractivity contribution in [2.75, 3.05) is 19.7 Å². The Labute approximate surface area is 162 Å². The molecule has 5 nitrogen and oxygen atoms in total. The van der Waals surface area contributed by atoms with E-state index in [0.717, 1.165) is 36.4 Å². The van der Waals surface area contributed by atoms with Gasteiger partial charge in [0.15, 0.2) is 5.69 Å². The molecule has 0 aliphatic carbocycles. The highest BCUT2D eigenvalue weighted by atomic mass is 16.5. The number of aromatic hydroxyl groups is 1. The molecule has 1 heterocycles. The van der Waals surface area contributed by atoms with Crippen molar-refractivity contribution in [3.8, 4) is 5.75 Å². The zero-order valence-corrected chi connectivity index (χ0v) is 17.5. The van der Waals surface area contributed by atoms with Crippen LogP contribution in [0.2, 0.25) is 0 Å². The summed E-state index contributed by atoms with van der Waals surface area (Å²) in [5.74, 6) is 1.06. The van der Waals surface area contributed by atoms with Gasteiger partial charge in [-0.3, -0.25) is 0 Å². The number of pyridine rings is 1. The van der Waals surface area contributed by atoms with E-state index in [4.69, 9.17) is 4.74 Å². The van der Waals surface area contributed by atoms with Crippen LogP contribution in [0.25, 0.3) is 10.9 Å². The summed E-state index contributed by atoms with van der Waals surface area (Å²) in [6.07, 6.45) is 0. The molecule has 0 atom stereocenters. The summed E-state index contributed by atoms with van der Waals surface area (Å²) in [5.41, 5.74) is 3.15. The maximum Gasteiger partial charge on any atom is 0.338 e. The lowest BCUT2D eigenvalue weighted by molar-refractivity contribution is -0.920. The van der Waals surface area contributed by atoms with Crippen molar-refractivity contribution in [3.63, 3.8) is 0 Å². The second kappa shape index (κ2) is 9.18. The maximum absolute atomic E-state index is 12.1. The Kier molecular flexibility index (Phi) is 7.19. The number of nitrogens with one attached hydrogen (secondary N) is 2. The van der Waals surface area contributed by atoms with Gasteiger partial charge < -0.3 is 14.7 Å². The summed E-state index contributed by atoms with van der Waals surface area (Å²) in [7, 11) is 0. The van der Waals surface area contributed by atoms with Gasteiger partial charge in [0.25, 0.3) is 0 Å². The molecule has 0 radical (unpaired) electrons. The lowest BCUT2D eigenvalue weighted by Gasteiger charge is -2.23. The van der Waals surface area contributed by atoms with Gasteiger partial charge in [-0.05, 0) is 19.1 Å². The fourth-order valence-electron chi connectivity index (χ4n) is 3.66. The number of benzene rings is 1. The number of aromatic nitrogens is 1. The first-order valence-corrected chi connectivity index (χ1v) is 9.91. The molecule has 0 unspecified atom stereocenters. The third-order valence-electron chi connectivity index (χ3n) is 4.67. The highest BCUT2D eigenvalue weighted by molar-refractivity contribution is 5.95. The maximum atomic E-state index is 12.1. The van der Waals surface area contributed by atoms with Crippen LogP contribution >= 0.6 is 0 Å². The van der Waals surface area contributed by atoms with E-state index in [-0.39, 0.29) is 11.7 Å². The number of rotatable bonds is 8. The van der Waals surface area contributed by atoms with Gasteiger partial charge in [0, 0.05) is 24.8 Å². The van der Waals surface area contributed by atoms with Crippen LogP contribution in [-0.4, -0.2) is 30.8 Å². The van der Waals surface area contributed by atoms with Crippen molar-refractivity contribution in [2.24, 2.45) is 11.8 Å². The van der Waals surface area contributed by atoms with Gasteiger partial charge in [-0.1, -0.05) is 27.7 Å². The molecule has 0 saturated heterocycles. The zero-order valence-electron chi connectivity index (χ0n) is 17.5. The van der Waals surface area contributed by atoms with Gasteiger partial charge in [-0.2, -0.15) is 0 Å². The molecule has 0 saturated carbocycles. The van der Waals surface area contributed by atoms with Crippen molar-refractivity contribution in [3.05, 3.63) is 35.0 Å². The Morgan fingerprint density at radius 3 is 2.37 bits per heavy atom. The van der Waals surface area contributed by atoms with E-state index in [1.165, 1.54) is 4.90 Å². The topological polar surface area (TPSA) is 65.1 Å². The molecule has 0 bridgehead atoms. The molecule has 3 N–H and O–H groups in total. The fraction of sp³-hybridized carbons (Fsp3) is 0.545. The normalized spacial score (nSPS) is 11.7. The lowest BCUT2D eigenvalue weighted by atomic mass is 10.0. The molecular weight excluding hydrogens is 340 g/mol. The summed E-state index contributed by atoms with van der Waals surface area (Å²) >= 11 is 0. The van der Waals surface area contributed by atoms with E-state index < -0.39 is 0 Å². The van der Waals surface area contributed by atoms with Gasteiger partial charge in [0.1, 0.15) is 17.9 Å². The first-order valence-electron chi connectivity index (χ1n) is 9.91. The van der Waals surface area contributed by atoms with Crippen molar-refractivity contribution in [1.29, 1.82) is 0 Å². The van der Waals surface area contributed by atoms with E-state index in [1.807, 2.05) is 13.0 Å². The number of aryl methyl sites for hydroxylation is 1. The second-order valence-electron chi connectivity index (χ2n) is 8.18. The number of hydrogen-bond acceptors (Lipinski definition) is 3. The number of ether oxygens (including phenoxy) is 1. The Bertz CT molecular complexity index is 790. The van der Waals surface area contributed by atoms with Crippen LogP contribution in [0.15, 0.2) is 18.2 Å². The van der Waals surface area contributed by atoms with E-state index in [0.29, 0.717) is 29.4 Å². The molecular formula is C22H34N2O3+2. The highest BCUT2D eigenvalue weighted by Gasteiger charge is 2.24. The van der Waals surface area contributed by atoms with Gasteiger partial charge in [-0.25, -0.2) is 9.78 Å². The van der Waals surface area contributed by atoms with Crippen LogP contribution in [-0.2, 0) is 11.3 Å². The molecule has 0 fully saturated rings. The van der Waals surface area contributed by atoms with Crippen molar-refractivity contribution in [1.82, 2.24) is 0 Å². The first kappa shape index (κ1) is 21.2. The molecule has 1 aromatic heterocycles. The van der Waals surface area contributed by atoms with Gasteiger partial charge in [-0.15, -0.1) is 0 Å². The number of aromatic amines is 1. The van der Waals surface area contributed by atoms with E-state index in [1.54, 1.807) is 19.1 Å². The quantitative estimate of drug-likeness (QED) is 0.698. The second-order valence-corrected chi connectivity index (χ2v) is 8.18. The van der Waals surface area contributed by atoms with Gasteiger partial charge in [0.05, 0.1) is 30.6 Å². The monoisotopic (exact) mass is 374 g/mol. The van der Waals surface area contributed by atoms with Crippen LogP contribution in [0.5, 0.6) is 5.75 Å². The predicted octanol–water partition coefficient (Wildman–Crippen LogP) is 2.54. The number of quaternary nitrogens is 1. The minimum absolute atomic E-state index is 0.261. The third kappa shape index (κ3) is 5.42. The smallest absolute Gasteiger partial charge is 0.338 e. The summed E-state index contributed by atoms with van der Waals surface area (Å²) in [4.78, 5) is 16.9. The minimum atomic E-state index is -0.368. The largest absolute Gasteiger partial charge is 0.506 e. The predicted molar refractivity (Wildman–Crippen MR) is 107 cm³/mol. The standard InChI is InChI=1S/C22H32N2O3/c1-7-27-22(26)17-8-9-20-18(10-17)21(25)19(16(6)23-20)13-24(11-14(2)3)12-15(4)5/h8-10,14-15H,7,11-13H2,1-6H3,(H,23,25)/p+2. The minimum Gasteiger partial charge on any atom is -0.506 e. The fourth-order valence-corrected chi connectivity index (χ4v) is 3.66. The van der Waals surface area contributed by atoms with Crippen LogP contribution in [0.3, 0.4) is 0 Å². The number of fused-ring (bicyclic) bond motifs is 1. The molecule has 148 valence electrons. The van der Waals surface area contributed by atoms with Crippen LogP contribution < -0.4 is 9.88 Å². The third-order valence-corrected chi connectivity index (χ3v) is 4.67. The summed E-state index contributed by atoms with van der Waals surface area (Å²) in [5, 5.41) is 11.7. The number of carbonyl (C=O) groups is 1. The van der Waals surface area contributed by atoms with E-state index >= 15 is 0 Å². The van der Waals surface area contributed by atoms with E-state index in [9.17, 15) is 9.90 Å². The van der Waals surface area contributed by atoms with Gasteiger partial charge >= 0.3 is 5.97 Å². The molecule has 27 heavy (non-hydrogen) atoms.